The van der Waals surface area contributed by atoms with Crippen molar-refractivity contribution in [2.45, 2.75) is 44.7 Å². The Bertz CT molecular complexity index is 500. The SMILES string of the molecule is CCNCc1ccccc1S(=O)(=O)N(C)C(C)CC. The van der Waals surface area contributed by atoms with Gasteiger partial charge in [-0.3, -0.25) is 0 Å². The molecule has 0 saturated heterocycles. The molecule has 0 bridgehead atoms. The van der Waals surface area contributed by atoms with Gasteiger partial charge >= 0.3 is 0 Å². The predicted molar refractivity (Wildman–Crippen MR) is 78.5 cm³/mol. The molecular formula is C14H24N2O2S. The lowest BCUT2D eigenvalue weighted by atomic mass is 10.2. The molecule has 0 aliphatic heterocycles. The Balaban J connectivity index is 3.14. The van der Waals surface area contributed by atoms with Crippen LogP contribution in [0.25, 0.3) is 0 Å². The normalized spacial score (nSPS) is 13.7. The van der Waals surface area contributed by atoms with Crippen molar-refractivity contribution in [1.29, 1.82) is 0 Å². The maximum absolute atomic E-state index is 12.6. The van der Waals surface area contributed by atoms with Crippen molar-refractivity contribution < 1.29 is 8.42 Å². The van der Waals surface area contributed by atoms with Crippen LogP contribution in [0, 0.1) is 0 Å². The summed E-state index contributed by atoms with van der Waals surface area (Å²) in [6, 6.07) is 7.18. The van der Waals surface area contributed by atoms with E-state index >= 15 is 0 Å². The van der Waals surface area contributed by atoms with Gasteiger partial charge in [0.15, 0.2) is 0 Å². The molecule has 0 spiro atoms. The molecule has 5 heteroatoms. The van der Waals surface area contributed by atoms with Crippen molar-refractivity contribution in [2.24, 2.45) is 0 Å². The summed E-state index contributed by atoms with van der Waals surface area (Å²) in [5.74, 6) is 0. The molecule has 0 aromatic heterocycles. The van der Waals surface area contributed by atoms with E-state index in [9.17, 15) is 8.42 Å². The number of hydrogen-bond donors (Lipinski definition) is 1. The van der Waals surface area contributed by atoms with Crippen molar-refractivity contribution in [3.8, 4) is 0 Å². The van der Waals surface area contributed by atoms with E-state index in [1.807, 2.05) is 32.9 Å². The number of rotatable bonds is 7. The quantitative estimate of drug-likeness (QED) is 0.835. The fraction of sp³-hybridized carbons (Fsp3) is 0.571. The lowest BCUT2D eigenvalue weighted by Gasteiger charge is -2.24. The summed E-state index contributed by atoms with van der Waals surface area (Å²) in [6.07, 6.45) is 0.797. The third-order valence-electron chi connectivity index (χ3n) is 3.41. The van der Waals surface area contributed by atoms with Crippen LogP contribution < -0.4 is 5.32 Å². The van der Waals surface area contributed by atoms with Gasteiger partial charge in [0.1, 0.15) is 0 Å². The number of nitrogens with one attached hydrogen (secondary N) is 1. The van der Waals surface area contributed by atoms with Gasteiger partial charge in [0.05, 0.1) is 4.90 Å². The summed E-state index contributed by atoms with van der Waals surface area (Å²) in [5, 5.41) is 3.18. The molecule has 1 N–H and O–H groups in total. The zero-order chi connectivity index (χ0) is 14.5. The Kier molecular flexibility index (Phi) is 5.97. The van der Waals surface area contributed by atoms with Crippen LogP contribution in [0.2, 0.25) is 0 Å². The number of nitrogens with zero attached hydrogens (tertiary/aromatic N) is 1. The zero-order valence-corrected chi connectivity index (χ0v) is 13.0. The summed E-state index contributed by atoms with van der Waals surface area (Å²) in [4.78, 5) is 0.402. The minimum Gasteiger partial charge on any atom is -0.313 e. The van der Waals surface area contributed by atoms with Gasteiger partial charge in [-0.2, -0.15) is 4.31 Å². The molecule has 0 aliphatic rings. The Morgan fingerprint density at radius 1 is 1.26 bits per heavy atom. The van der Waals surface area contributed by atoms with Gasteiger partial charge < -0.3 is 5.32 Å². The molecule has 0 heterocycles. The lowest BCUT2D eigenvalue weighted by molar-refractivity contribution is 0.380. The Labute approximate surface area is 116 Å². The molecule has 0 fully saturated rings. The van der Waals surface area contributed by atoms with Crippen molar-refractivity contribution in [1.82, 2.24) is 9.62 Å². The Morgan fingerprint density at radius 3 is 2.47 bits per heavy atom. The fourth-order valence-corrected chi connectivity index (χ4v) is 3.47. The molecule has 1 aromatic carbocycles. The molecule has 1 rings (SSSR count). The molecule has 4 nitrogen and oxygen atoms in total. The van der Waals surface area contributed by atoms with Crippen LogP contribution in [-0.4, -0.2) is 32.4 Å². The minimum absolute atomic E-state index is 0.00260. The van der Waals surface area contributed by atoms with Gasteiger partial charge in [0.25, 0.3) is 0 Å². The number of hydrogen-bond acceptors (Lipinski definition) is 3. The maximum atomic E-state index is 12.6. The highest BCUT2D eigenvalue weighted by Crippen LogP contribution is 2.21. The van der Waals surface area contributed by atoms with Crippen LogP contribution in [0.15, 0.2) is 29.2 Å². The average Bonchev–Trinajstić information content (AvgIpc) is 2.43. The van der Waals surface area contributed by atoms with E-state index in [4.69, 9.17) is 0 Å². The largest absolute Gasteiger partial charge is 0.313 e. The van der Waals surface area contributed by atoms with Gasteiger partial charge in [-0.25, -0.2) is 8.42 Å². The molecule has 1 atom stereocenters. The lowest BCUT2D eigenvalue weighted by Crippen LogP contribution is -2.35. The predicted octanol–water partition coefficient (Wildman–Crippen LogP) is 2.22. The summed E-state index contributed by atoms with van der Waals surface area (Å²) in [6.45, 7) is 7.30. The molecule has 0 aliphatic carbocycles. The Hall–Kier alpha value is -0.910. The second-order valence-corrected chi connectivity index (χ2v) is 6.63. The maximum Gasteiger partial charge on any atom is 0.243 e. The second-order valence-electron chi connectivity index (χ2n) is 4.67. The first-order valence-corrected chi connectivity index (χ1v) is 8.15. The first-order valence-electron chi connectivity index (χ1n) is 6.71. The van der Waals surface area contributed by atoms with Crippen LogP contribution in [-0.2, 0) is 16.6 Å². The summed E-state index contributed by atoms with van der Waals surface area (Å²) in [7, 11) is -1.77. The number of sulfonamides is 1. The van der Waals surface area contributed by atoms with Crippen LogP contribution >= 0.6 is 0 Å². The van der Waals surface area contributed by atoms with Gasteiger partial charge in [-0.05, 0) is 31.5 Å². The van der Waals surface area contributed by atoms with Crippen molar-refractivity contribution in [2.75, 3.05) is 13.6 Å². The average molecular weight is 284 g/mol. The molecule has 1 unspecified atom stereocenters. The summed E-state index contributed by atoms with van der Waals surface area (Å²) < 4.78 is 26.7. The van der Waals surface area contributed by atoms with Gasteiger partial charge in [-0.1, -0.05) is 32.0 Å². The van der Waals surface area contributed by atoms with E-state index < -0.39 is 10.0 Å². The van der Waals surface area contributed by atoms with Crippen LogP contribution in [0.1, 0.15) is 32.8 Å². The third kappa shape index (κ3) is 3.78. The fourth-order valence-electron chi connectivity index (χ4n) is 1.81. The van der Waals surface area contributed by atoms with E-state index in [2.05, 4.69) is 5.32 Å². The minimum atomic E-state index is -3.42. The topological polar surface area (TPSA) is 49.4 Å². The van der Waals surface area contributed by atoms with Crippen molar-refractivity contribution in [3.63, 3.8) is 0 Å². The highest BCUT2D eigenvalue weighted by molar-refractivity contribution is 7.89. The zero-order valence-electron chi connectivity index (χ0n) is 12.2. The smallest absolute Gasteiger partial charge is 0.243 e. The van der Waals surface area contributed by atoms with Crippen molar-refractivity contribution >= 4 is 10.0 Å². The van der Waals surface area contributed by atoms with Crippen molar-refractivity contribution in [3.05, 3.63) is 29.8 Å². The number of benzene rings is 1. The molecule has 0 radical (unpaired) electrons. The first kappa shape index (κ1) is 16.1. The highest BCUT2D eigenvalue weighted by Gasteiger charge is 2.26. The molecule has 19 heavy (non-hydrogen) atoms. The van der Waals surface area contributed by atoms with Gasteiger partial charge in [0, 0.05) is 19.6 Å². The third-order valence-corrected chi connectivity index (χ3v) is 5.48. The standard InChI is InChI=1S/C14H24N2O2S/c1-5-12(3)16(4)19(17,18)14-10-8-7-9-13(14)11-15-6-2/h7-10,12,15H,5-6,11H2,1-4H3. The molecule has 0 amide bonds. The monoisotopic (exact) mass is 284 g/mol. The van der Waals surface area contributed by atoms with E-state index in [0.29, 0.717) is 11.4 Å². The van der Waals surface area contributed by atoms with E-state index in [1.54, 1.807) is 19.2 Å². The van der Waals surface area contributed by atoms with Gasteiger partial charge in [-0.15, -0.1) is 0 Å². The highest BCUT2D eigenvalue weighted by atomic mass is 32.2. The first-order chi connectivity index (χ1) is 8.95. The van der Waals surface area contributed by atoms with Gasteiger partial charge in [0.2, 0.25) is 10.0 Å². The van der Waals surface area contributed by atoms with Crippen LogP contribution in [0.5, 0.6) is 0 Å². The molecular weight excluding hydrogens is 260 g/mol. The van der Waals surface area contributed by atoms with Crippen LogP contribution in [0.4, 0.5) is 0 Å². The summed E-state index contributed by atoms with van der Waals surface area (Å²) >= 11 is 0. The molecule has 0 saturated carbocycles. The van der Waals surface area contributed by atoms with E-state index in [1.165, 1.54) is 4.31 Å². The summed E-state index contributed by atoms with van der Waals surface area (Å²) in [5.41, 5.74) is 0.819. The molecule has 1 aromatic rings. The Morgan fingerprint density at radius 2 is 1.89 bits per heavy atom. The van der Waals surface area contributed by atoms with Crippen LogP contribution in [0.3, 0.4) is 0 Å². The second kappa shape index (κ2) is 7.03. The van der Waals surface area contributed by atoms with E-state index in [0.717, 1.165) is 18.5 Å². The van der Waals surface area contributed by atoms with E-state index in [-0.39, 0.29) is 6.04 Å². The molecule has 108 valence electrons.